The molecule has 1 aromatic heterocycles. The number of rotatable bonds is 6. The number of aliphatic imine (C=N–C) groups is 1. The average Bonchev–Trinajstić information content (AvgIpc) is 3.48. The van der Waals surface area contributed by atoms with Crippen LogP contribution in [0.4, 0.5) is 4.79 Å². The molecule has 1 atom stereocenters. The molecule has 2 aliphatic heterocycles. The summed E-state index contributed by atoms with van der Waals surface area (Å²) in [6, 6.07) is 16.4. The Morgan fingerprint density at radius 1 is 1.12 bits per heavy atom. The first kappa shape index (κ1) is 20.6. The van der Waals surface area contributed by atoms with Crippen molar-refractivity contribution in [2.45, 2.75) is 32.4 Å². The third-order valence-corrected chi connectivity index (χ3v) is 5.77. The molecule has 0 saturated carbocycles. The molecule has 33 heavy (non-hydrogen) atoms. The van der Waals surface area contributed by atoms with E-state index in [9.17, 15) is 9.90 Å². The van der Waals surface area contributed by atoms with Crippen LogP contribution in [0.1, 0.15) is 25.3 Å². The van der Waals surface area contributed by atoms with Gasteiger partial charge in [-0.2, -0.15) is 0 Å². The topological polar surface area (TPSA) is 111 Å². The maximum absolute atomic E-state index is 11.3. The van der Waals surface area contributed by atoms with E-state index in [0.717, 1.165) is 51.5 Å². The molecular weight excluding hydrogens is 418 g/mol. The Morgan fingerprint density at radius 3 is 2.61 bits per heavy atom. The molecule has 1 amide bonds. The SMILES string of the molecule is CCCC1=NC2=CN(C(=O)O)C=CC2N1Cc1ccc(-c2ccccc2-c2nnn[nH]2)cc1. The highest BCUT2D eigenvalue weighted by Crippen LogP contribution is 2.32. The summed E-state index contributed by atoms with van der Waals surface area (Å²) in [6.45, 7) is 2.80. The van der Waals surface area contributed by atoms with Crippen molar-refractivity contribution in [3.05, 3.63) is 78.3 Å². The standard InChI is InChI=1S/C24H23N7O2/c1-2-5-22-25-20-15-30(24(32)33)13-12-21(20)31(22)14-16-8-10-17(11-9-16)18-6-3-4-7-19(18)23-26-28-29-27-23/h3-4,6-13,15,21H,2,5,14H2,1H3,(H,32,33)(H,26,27,28,29). The molecule has 2 aromatic carbocycles. The molecule has 166 valence electrons. The molecular formula is C24H23N7O2. The van der Waals surface area contributed by atoms with Crippen LogP contribution in [0.15, 0.2) is 77.7 Å². The van der Waals surface area contributed by atoms with Crippen molar-refractivity contribution in [1.82, 2.24) is 30.4 Å². The van der Waals surface area contributed by atoms with Crippen molar-refractivity contribution in [3.8, 4) is 22.5 Å². The maximum atomic E-state index is 11.3. The second-order valence-electron chi connectivity index (χ2n) is 7.93. The third kappa shape index (κ3) is 4.00. The molecule has 0 saturated heterocycles. The van der Waals surface area contributed by atoms with Crippen LogP contribution in [-0.4, -0.2) is 53.5 Å². The predicted molar refractivity (Wildman–Crippen MR) is 124 cm³/mol. The van der Waals surface area contributed by atoms with E-state index in [1.165, 1.54) is 0 Å². The summed E-state index contributed by atoms with van der Waals surface area (Å²) in [7, 11) is 0. The van der Waals surface area contributed by atoms with E-state index in [1.807, 2.05) is 24.3 Å². The van der Waals surface area contributed by atoms with Gasteiger partial charge in [-0.25, -0.2) is 14.9 Å². The van der Waals surface area contributed by atoms with Gasteiger partial charge < -0.3 is 10.0 Å². The number of carboxylic acid groups (broad SMARTS) is 1. The van der Waals surface area contributed by atoms with Crippen molar-refractivity contribution < 1.29 is 9.90 Å². The number of nitrogens with zero attached hydrogens (tertiary/aromatic N) is 6. The molecule has 0 radical (unpaired) electrons. The fraction of sp³-hybridized carbons (Fsp3) is 0.208. The summed E-state index contributed by atoms with van der Waals surface area (Å²) in [5, 5.41) is 23.5. The van der Waals surface area contributed by atoms with Crippen LogP contribution in [0.5, 0.6) is 0 Å². The number of fused-ring (bicyclic) bond motifs is 1. The third-order valence-electron chi connectivity index (χ3n) is 5.77. The minimum atomic E-state index is -1.01. The highest BCUT2D eigenvalue weighted by molar-refractivity contribution is 5.87. The molecule has 9 nitrogen and oxygen atoms in total. The van der Waals surface area contributed by atoms with Crippen LogP contribution in [0.2, 0.25) is 0 Å². The Balaban J connectivity index is 1.39. The number of hydrogen-bond acceptors (Lipinski definition) is 6. The summed E-state index contributed by atoms with van der Waals surface area (Å²) in [5.41, 5.74) is 4.97. The van der Waals surface area contributed by atoms with Crippen molar-refractivity contribution in [1.29, 1.82) is 0 Å². The highest BCUT2D eigenvalue weighted by Gasteiger charge is 2.32. The van der Waals surface area contributed by atoms with Gasteiger partial charge in [0.05, 0.1) is 11.7 Å². The van der Waals surface area contributed by atoms with Gasteiger partial charge in [0.25, 0.3) is 0 Å². The Bertz CT molecular complexity index is 1250. The second kappa shape index (κ2) is 8.70. The molecule has 0 bridgehead atoms. The van der Waals surface area contributed by atoms with Crippen molar-refractivity contribution in [2.75, 3.05) is 0 Å². The van der Waals surface area contributed by atoms with Gasteiger partial charge in [0.2, 0.25) is 0 Å². The molecule has 0 aliphatic carbocycles. The first-order valence-electron chi connectivity index (χ1n) is 10.8. The molecule has 5 rings (SSSR count). The first-order chi connectivity index (χ1) is 16.1. The fourth-order valence-electron chi connectivity index (χ4n) is 4.20. The molecule has 9 heteroatoms. The number of aromatic nitrogens is 4. The van der Waals surface area contributed by atoms with Gasteiger partial charge in [-0.05, 0) is 39.6 Å². The minimum absolute atomic E-state index is 0.0542. The van der Waals surface area contributed by atoms with Crippen LogP contribution in [0.3, 0.4) is 0 Å². The Hall–Kier alpha value is -4.27. The highest BCUT2D eigenvalue weighted by atomic mass is 16.4. The smallest absolute Gasteiger partial charge is 0.415 e. The van der Waals surface area contributed by atoms with Crippen LogP contribution in [0.25, 0.3) is 22.5 Å². The number of nitrogens with one attached hydrogen (secondary N) is 1. The lowest BCUT2D eigenvalue weighted by atomic mass is 9.98. The number of amides is 1. The van der Waals surface area contributed by atoms with Gasteiger partial charge in [0.1, 0.15) is 5.84 Å². The van der Waals surface area contributed by atoms with E-state index in [0.29, 0.717) is 12.4 Å². The van der Waals surface area contributed by atoms with Gasteiger partial charge in [-0.15, -0.1) is 5.10 Å². The lowest BCUT2D eigenvalue weighted by Crippen LogP contribution is -2.36. The number of amidine groups is 1. The minimum Gasteiger partial charge on any atom is -0.464 e. The van der Waals surface area contributed by atoms with E-state index in [1.54, 1.807) is 12.4 Å². The molecule has 1 unspecified atom stereocenters. The Morgan fingerprint density at radius 2 is 1.91 bits per heavy atom. The molecule has 2 N–H and O–H groups in total. The zero-order valence-electron chi connectivity index (χ0n) is 18.1. The maximum Gasteiger partial charge on any atom is 0.415 e. The zero-order valence-corrected chi connectivity index (χ0v) is 18.1. The number of tetrazole rings is 1. The molecule has 3 aromatic rings. The molecule has 2 aliphatic rings. The summed E-state index contributed by atoms with van der Waals surface area (Å²) >= 11 is 0. The van der Waals surface area contributed by atoms with Crippen LogP contribution in [-0.2, 0) is 6.54 Å². The van der Waals surface area contributed by atoms with Crippen molar-refractivity contribution in [2.24, 2.45) is 4.99 Å². The molecule has 3 heterocycles. The zero-order chi connectivity index (χ0) is 22.8. The lowest BCUT2D eigenvalue weighted by molar-refractivity contribution is 0.174. The van der Waals surface area contributed by atoms with Gasteiger partial charge in [0.15, 0.2) is 5.82 Å². The average molecular weight is 441 g/mol. The predicted octanol–water partition coefficient (Wildman–Crippen LogP) is 4.27. The summed E-state index contributed by atoms with van der Waals surface area (Å²) in [4.78, 5) is 19.5. The fourth-order valence-corrected chi connectivity index (χ4v) is 4.20. The quantitative estimate of drug-likeness (QED) is 0.591. The monoisotopic (exact) mass is 441 g/mol. The van der Waals surface area contributed by atoms with E-state index in [-0.39, 0.29) is 6.04 Å². The van der Waals surface area contributed by atoms with E-state index in [2.05, 4.69) is 62.8 Å². The van der Waals surface area contributed by atoms with Crippen LogP contribution in [0, 0.1) is 0 Å². The van der Waals surface area contributed by atoms with Gasteiger partial charge in [-0.3, -0.25) is 4.90 Å². The van der Waals surface area contributed by atoms with E-state index < -0.39 is 6.09 Å². The van der Waals surface area contributed by atoms with Gasteiger partial charge in [0, 0.05) is 30.9 Å². The number of carbonyl (C=O) groups is 1. The number of aromatic amines is 1. The summed E-state index contributed by atoms with van der Waals surface area (Å²) in [6.07, 6.45) is 5.87. The molecule has 0 fully saturated rings. The number of hydrogen-bond donors (Lipinski definition) is 2. The second-order valence-corrected chi connectivity index (χ2v) is 7.93. The van der Waals surface area contributed by atoms with Crippen molar-refractivity contribution in [3.63, 3.8) is 0 Å². The van der Waals surface area contributed by atoms with E-state index >= 15 is 0 Å². The number of H-pyrrole nitrogens is 1. The molecule has 0 spiro atoms. The summed E-state index contributed by atoms with van der Waals surface area (Å²) < 4.78 is 0. The normalized spacial score (nSPS) is 17.1. The Labute approximate surface area is 190 Å². The Kier molecular flexibility index (Phi) is 5.43. The van der Waals surface area contributed by atoms with Crippen LogP contribution >= 0.6 is 0 Å². The number of benzene rings is 2. The van der Waals surface area contributed by atoms with Gasteiger partial charge >= 0.3 is 6.09 Å². The van der Waals surface area contributed by atoms with Gasteiger partial charge in [-0.1, -0.05) is 55.5 Å². The van der Waals surface area contributed by atoms with E-state index in [4.69, 9.17) is 4.99 Å². The summed E-state index contributed by atoms with van der Waals surface area (Å²) in [5.74, 6) is 1.61. The first-order valence-corrected chi connectivity index (χ1v) is 10.8. The lowest BCUT2D eigenvalue weighted by Gasteiger charge is -2.28. The largest absolute Gasteiger partial charge is 0.464 e. The van der Waals surface area contributed by atoms with Crippen LogP contribution < -0.4 is 0 Å². The van der Waals surface area contributed by atoms with Crippen molar-refractivity contribution >= 4 is 11.9 Å².